The van der Waals surface area contributed by atoms with Crippen molar-refractivity contribution in [2.24, 2.45) is 5.92 Å². The monoisotopic (exact) mass is 490 g/mol. The summed E-state index contributed by atoms with van der Waals surface area (Å²) in [6, 6.07) is 14.6. The molecule has 0 aliphatic carbocycles. The Kier molecular flexibility index (Phi) is 10.1. The maximum absolute atomic E-state index is 12.9. The van der Waals surface area contributed by atoms with Crippen molar-refractivity contribution in [3.05, 3.63) is 66.2 Å². The van der Waals surface area contributed by atoms with Gasteiger partial charge in [0, 0.05) is 0 Å². The first-order chi connectivity index (χ1) is 16.1. The molecular weight excluding hydrogens is 460 g/mol. The van der Waals surface area contributed by atoms with E-state index in [4.69, 9.17) is 9.47 Å². The fourth-order valence-electron chi connectivity index (χ4n) is 3.10. The first-order valence-electron chi connectivity index (χ1n) is 10.8. The van der Waals surface area contributed by atoms with Gasteiger partial charge in [0.15, 0.2) is 9.84 Å². The number of ether oxygens (including phenoxy) is 2. The predicted octanol–water partition coefficient (Wildman–Crippen LogP) is 2.46. The van der Waals surface area contributed by atoms with Crippen LogP contribution in [0.15, 0.2) is 65.6 Å². The number of amides is 2. The molecule has 0 aromatic heterocycles. The van der Waals surface area contributed by atoms with Crippen LogP contribution in [0.2, 0.25) is 0 Å². The summed E-state index contributed by atoms with van der Waals surface area (Å²) in [4.78, 5) is 37.5. The number of esters is 1. The molecule has 0 saturated carbocycles. The highest BCUT2D eigenvalue weighted by atomic mass is 32.2. The van der Waals surface area contributed by atoms with Gasteiger partial charge < -0.3 is 20.1 Å². The average molecular weight is 491 g/mol. The zero-order valence-corrected chi connectivity index (χ0v) is 20.2. The lowest BCUT2D eigenvalue weighted by atomic mass is 10.0. The van der Waals surface area contributed by atoms with Gasteiger partial charge in [-0.25, -0.2) is 18.0 Å². The van der Waals surface area contributed by atoms with Crippen molar-refractivity contribution in [1.29, 1.82) is 0 Å². The molecule has 0 spiro atoms. The zero-order chi connectivity index (χ0) is 25.1. The molecule has 10 heteroatoms. The highest BCUT2D eigenvalue weighted by Crippen LogP contribution is 2.13. The molecule has 0 aliphatic heterocycles. The Labute approximate surface area is 199 Å². The number of carbonyl (C=O) groups is 3. The molecule has 0 saturated heterocycles. The number of nitrogens with one attached hydrogen (secondary N) is 2. The maximum Gasteiger partial charge on any atom is 0.408 e. The highest BCUT2D eigenvalue weighted by molar-refractivity contribution is 7.91. The number of carbonyl (C=O) groups excluding carboxylic acids is 3. The fraction of sp³-hybridized carbons (Fsp3) is 0.375. The second-order valence-electron chi connectivity index (χ2n) is 7.93. The Bertz CT molecular complexity index is 1060. The van der Waals surface area contributed by atoms with Crippen molar-refractivity contribution >= 4 is 27.8 Å². The number of rotatable bonds is 11. The molecule has 2 aromatic carbocycles. The molecule has 0 heterocycles. The van der Waals surface area contributed by atoms with Crippen LogP contribution in [0.25, 0.3) is 0 Å². The van der Waals surface area contributed by atoms with Crippen molar-refractivity contribution in [2.75, 3.05) is 12.9 Å². The van der Waals surface area contributed by atoms with E-state index in [0.29, 0.717) is 0 Å². The molecule has 0 radical (unpaired) electrons. The Morgan fingerprint density at radius 3 is 2.06 bits per heavy atom. The molecule has 0 unspecified atom stereocenters. The van der Waals surface area contributed by atoms with Crippen LogP contribution in [-0.4, -0.2) is 51.3 Å². The van der Waals surface area contributed by atoms with E-state index >= 15 is 0 Å². The van der Waals surface area contributed by atoms with Gasteiger partial charge in [-0.1, -0.05) is 62.4 Å². The molecular formula is C24H30N2O7S. The number of methoxy groups -OCH3 is 1. The minimum absolute atomic E-state index is 0.0290. The first-order valence-corrected chi connectivity index (χ1v) is 12.4. The van der Waals surface area contributed by atoms with E-state index < -0.39 is 39.9 Å². The van der Waals surface area contributed by atoms with Crippen LogP contribution < -0.4 is 10.6 Å². The third kappa shape index (κ3) is 8.18. The van der Waals surface area contributed by atoms with E-state index in [0.717, 1.165) is 12.7 Å². The summed E-state index contributed by atoms with van der Waals surface area (Å²) < 4.78 is 35.0. The van der Waals surface area contributed by atoms with Crippen LogP contribution in [0.3, 0.4) is 0 Å². The maximum atomic E-state index is 12.9. The highest BCUT2D eigenvalue weighted by Gasteiger charge is 2.30. The van der Waals surface area contributed by atoms with Gasteiger partial charge in [-0.3, -0.25) is 4.79 Å². The van der Waals surface area contributed by atoms with E-state index in [1.165, 1.54) is 12.1 Å². The lowest BCUT2D eigenvalue weighted by Crippen LogP contribution is -2.54. The van der Waals surface area contributed by atoms with Crippen molar-refractivity contribution in [3.63, 3.8) is 0 Å². The Morgan fingerprint density at radius 2 is 1.50 bits per heavy atom. The molecule has 0 aliphatic rings. The third-order valence-electron chi connectivity index (χ3n) is 5.02. The van der Waals surface area contributed by atoms with E-state index in [2.05, 4.69) is 10.6 Å². The molecule has 2 rings (SSSR count). The Morgan fingerprint density at radius 1 is 0.912 bits per heavy atom. The van der Waals surface area contributed by atoms with Crippen molar-refractivity contribution in [2.45, 2.75) is 43.9 Å². The number of hydrogen-bond donors (Lipinski definition) is 2. The van der Waals surface area contributed by atoms with Gasteiger partial charge in [0.1, 0.15) is 18.7 Å². The van der Waals surface area contributed by atoms with Gasteiger partial charge in [0.2, 0.25) is 5.91 Å². The summed E-state index contributed by atoms with van der Waals surface area (Å²) in [7, 11) is -2.53. The van der Waals surface area contributed by atoms with Crippen molar-refractivity contribution in [1.82, 2.24) is 10.6 Å². The molecule has 9 nitrogen and oxygen atoms in total. The van der Waals surface area contributed by atoms with Crippen LogP contribution in [0.5, 0.6) is 0 Å². The number of alkyl carbamates (subject to hydrolysis) is 1. The molecule has 184 valence electrons. The average Bonchev–Trinajstić information content (AvgIpc) is 2.84. The lowest BCUT2D eigenvalue weighted by Gasteiger charge is -2.24. The molecule has 0 fully saturated rings. The van der Waals surface area contributed by atoms with Crippen LogP contribution in [0.1, 0.15) is 25.8 Å². The van der Waals surface area contributed by atoms with Gasteiger partial charge in [0.25, 0.3) is 0 Å². The second-order valence-corrected chi connectivity index (χ2v) is 10.0. The summed E-state index contributed by atoms with van der Waals surface area (Å²) in [5.41, 5.74) is 0.786. The smallest absolute Gasteiger partial charge is 0.408 e. The van der Waals surface area contributed by atoms with Crippen LogP contribution in [0.4, 0.5) is 4.79 Å². The van der Waals surface area contributed by atoms with Crippen LogP contribution >= 0.6 is 0 Å². The van der Waals surface area contributed by atoms with Crippen molar-refractivity contribution < 1.29 is 32.3 Å². The van der Waals surface area contributed by atoms with Gasteiger partial charge in [-0.05, 0) is 30.0 Å². The molecule has 0 bridgehead atoms. The third-order valence-corrected chi connectivity index (χ3v) is 6.78. The predicted molar refractivity (Wildman–Crippen MR) is 125 cm³/mol. The minimum Gasteiger partial charge on any atom is -0.467 e. The lowest BCUT2D eigenvalue weighted by molar-refractivity contribution is -0.145. The summed E-state index contributed by atoms with van der Waals surface area (Å²) >= 11 is 0. The molecule has 2 aromatic rings. The molecule has 2 atom stereocenters. The summed E-state index contributed by atoms with van der Waals surface area (Å²) in [6.07, 6.45) is -0.988. The Hall–Kier alpha value is -3.40. The van der Waals surface area contributed by atoms with Crippen LogP contribution in [0, 0.1) is 5.92 Å². The summed E-state index contributed by atoms with van der Waals surface area (Å²) in [6.45, 7) is 3.46. The minimum atomic E-state index is -3.67. The van der Waals surface area contributed by atoms with Gasteiger partial charge in [0.05, 0.1) is 17.8 Å². The van der Waals surface area contributed by atoms with Gasteiger partial charge in [-0.15, -0.1) is 0 Å². The van der Waals surface area contributed by atoms with E-state index in [1.807, 2.05) is 18.2 Å². The topological polar surface area (TPSA) is 128 Å². The zero-order valence-electron chi connectivity index (χ0n) is 19.4. The number of hydrogen-bond acceptors (Lipinski definition) is 7. The molecule has 2 amide bonds. The first kappa shape index (κ1) is 26.8. The van der Waals surface area contributed by atoms with E-state index in [-0.39, 0.29) is 29.6 Å². The number of sulfone groups is 1. The van der Waals surface area contributed by atoms with Crippen molar-refractivity contribution in [3.8, 4) is 0 Å². The summed E-state index contributed by atoms with van der Waals surface area (Å²) in [5.74, 6) is -2.16. The summed E-state index contributed by atoms with van der Waals surface area (Å²) in [5, 5.41) is 5.01. The molecule has 34 heavy (non-hydrogen) atoms. The quantitative estimate of drug-likeness (QED) is 0.463. The second kappa shape index (κ2) is 12.7. The van der Waals surface area contributed by atoms with Gasteiger partial charge >= 0.3 is 12.1 Å². The van der Waals surface area contributed by atoms with Crippen LogP contribution in [-0.2, 0) is 35.5 Å². The SMILES string of the molecule is COC(=O)[C@H](CCS(=O)(=O)c1ccccc1)NC(=O)[C@@H](NC(=O)OCc1ccccc1)C(C)C. The van der Waals surface area contributed by atoms with Gasteiger partial charge in [-0.2, -0.15) is 0 Å². The van der Waals surface area contributed by atoms with E-state index in [9.17, 15) is 22.8 Å². The number of benzene rings is 2. The fourth-order valence-corrected chi connectivity index (χ4v) is 4.45. The van der Waals surface area contributed by atoms with E-state index in [1.54, 1.807) is 44.2 Å². The largest absolute Gasteiger partial charge is 0.467 e. The Balaban J connectivity index is 2.01. The standard InChI is InChI=1S/C24H30N2O7S/c1-17(2)21(26-24(29)33-16-18-10-6-4-7-11-18)22(27)25-20(23(28)32-3)14-15-34(30,31)19-12-8-5-9-13-19/h4-13,17,20-21H,14-16H2,1-3H3,(H,25,27)(H,26,29)/t20-,21-/m0/s1. The normalized spacial score (nSPS) is 12.9. The molecule has 2 N–H and O–H groups in total.